The number of carbonyl (C=O) groups excluding carboxylic acids is 2. The first kappa shape index (κ1) is 22.1. The van der Waals surface area contributed by atoms with E-state index in [-0.39, 0.29) is 17.7 Å². The summed E-state index contributed by atoms with van der Waals surface area (Å²) in [7, 11) is 0. The smallest absolute Gasteiger partial charge is 0.252 e. The van der Waals surface area contributed by atoms with Crippen LogP contribution in [-0.4, -0.2) is 17.9 Å². The van der Waals surface area contributed by atoms with Gasteiger partial charge in [-0.3, -0.25) is 9.59 Å². The molecule has 4 rings (SSSR count). The Labute approximate surface area is 193 Å². The largest absolute Gasteiger partial charge is 0.455 e. The van der Waals surface area contributed by atoms with Gasteiger partial charge in [-0.15, -0.1) is 0 Å². The second kappa shape index (κ2) is 10.0. The lowest BCUT2D eigenvalue weighted by atomic mass is 10.0. The summed E-state index contributed by atoms with van der Waals surface area (Å²) in [6.45, 7) is 3.81. The fraction of sp³-hybridized carbons (Fsp3) is 0.143. The van der Waals surface area contributed by atoms with Crippen molar-refractivity contribution >= 4 is 28.3 Å². The number of fused-ring (bicyclic) bond motifs is 1. The standard InChI is InChI=1S/C28H26N2O3/c1-19(2)26(30-27(31)23-16-10-12-20-11-6-7-15-22(20)23)28(32)29-24-17-8-9-18-25(24)33-21-13-4-3-5-14-21/h3-19,26H,1-2H3,(H,29,32)(H,30,31)/t26-/m0/s1. The maximum absolute atomic E-state index is 13.2. The molecule has 0 aliphatic carbocycles. The van der Waals surface area contributed by atoms with Gasteiger partial charge in [0, 0.05) is 5.56 Å². The van der Waals surface area contributed by atoms with Gasteiger partial charge >= 0.3 is 0 Å². The monoisotopic (exact) mass is 438 g/mol. The van der Waals surface area contributed by atoms with Crippen LogP contribution < -0.4 is 15.4 Å². The van der Waals surface area contributed by atoms with Crippen LogP contribution in [0.4, 0.5) is 5.69 Å². The van der Waals surface area contributed by atoms with Gasteiger partial charge in [0.1, 0.15) is 11.8 Å². The molecule has 0 heterocycles. The highest BCUT2D eigenvalue weighted by atomic mass is 16.5. The highest BCUT2D eigenvalue weighted by molar-refractivity contribution is 6.09. The summed E-state index contributed by atoms with van der Waals surface area (Å²) in [5, 5.41) is 7.67. The third kappa shape index (κ3) is 5.21. The van der Waals surface area contributed by atoms with E-state index in [4.69, 9.17) is 4.74 Å². The van der Waals surface area contributed by atoms with Crippen molar-refractivity contribution in [2.75, 3.05) is 5.32 Å². The van der Waals surface area contributed by atoms with Crippen LogP contribution in [0, 0.1) is 5.92 Å². The van der Waals surface area contributed by atoms with E-state index in [0.29, 0.717) is 22.7 Å². The highest BCUT2D eigenvalue weighted by Gasteiger charge is 2.26. The Morgan fingerprint density at radius 1 is 0.758 bits per heavy atom. The van der Waals surface area contributed by atoms with E-state index in [2.05, 4.69) is 10.6 Å². The van der Waals surface area contributed by atoms with Crippen LogP contribution in [0.1, 0.15) is 24.2 Å². The van der Waals surface area contributed by atoms with E-state index in [1.807, 2.05) is 92.7 Å². The van der Waals surface area contributed by atoms with Crippen LogP contribution >= 0.6 is 0 Å². The van der Waals surface area contributed by atoms with Gasteiger partial charge in [0.25, 0.3) is 5.91 Å². The van der Waals surface area contributed by atoms with Crippen molar-refractivity contribution in [2.45, 2.75) is 19.9 Å². The van der Waals surface area contributed by atoms with E-state index in [0.717, 1.165) is 10.8 Å². The third-order valence-corrected chi connectivity index (χ3v) is 5.39. The Bertz CT molecular complexity index is 1260. The number of amides is 2. The maximum Gasteiger partial charge on any atom is 0.252 e. The average molecular weight is 439 g/mol. The number of rotatable bonds is 7. The topological polar surface area (TPSA) is 67.4 Å². The van der Waals surface area contributed by atoms with Crippen molar-refractivity contribution < 1.29 is 14.3 Å². The van der Waals surface area contributed by atoms with Gasteiger partial charge in [-0.1, -0.05) is 80.6 Å². The Kier molecular flexibility index (Phi) is 6.69. The highest BCUT2D eigenvalue weighted by Crippen LogP contribution is 2.29. The van der Waals surface area contributed by atoms with E-state index >= 15 is 0 Å². The quantitative estimate of drug-likeness (QED) is 0.370. The van der Waals surface area contributed by atoms with Crippen LogP contribution in [0.2, 0.25) is 0 Å². The lowest BCUT2D eigenvalue weighted by Gasteiger charge is -2.23. The number of hydrogen-bond acceptors (Lipinski definition) is 3. The van der Waals surface area contributed by atoms with Crippen molar-refractivity contribution in [3.8, 4) is 11.5 Å². The van der Waals surface area contributed by atoms with E-state index in [1.165, 1.54) is 0 Å². The average Bonchev–Trinajstić information content (AvgIpc) is 2.83. The number of nitrogens with one attached hydrogen (secondary N) is 2. The minimum absolute atomic E-state index is 0.119. The molecular formula is C28H26N2O3. The molecule has 0 aliphatic rings. The van der Waals surface area contributed by atoms with Gasteiger partial charge < -0.3 is 15.4 Å². The summed E-state index contributed by atoms with van der Waals surface area (Å²) in [4.78, 5) is 26.3. The van der Waals surface area contributed by atoms with Crippen molar-refractivity contribution in [1.29, 1.82) is 0 Å². The summed E-state index contributed by atoms with van der Waals surface area (Å²) in [6, 6.07) is 29.2. The second-order valence-electron chi connectivity index (χ2n) is 8.12. The molecule has 0 unspecified atom stereocenters. The molecule has 33 heavy (non-hydrogen) atoms. The van der Waals surface area contributed by atoms with E-state index in [1.54, 1.807) is 18.2 Å². The Balaban J connectivity index is 1.53. The Morgan fingerprint density at radius 2 is 1.42 bits per heavy atom. The normalized spacial score (nSPS) is 11.7. The number of benzene rings is 4. The van der Waals surface area contributed by atoms with Crippen LogP contribution in [0.25, 0.3) is 10.8 Å². The summed E-state index contributed by atoms with van der Waals surface area (Å²) in [6.07, 6.45) is 0. The lowest BCUT2D eigenvalue weighted by molar-refractivity contribution is -0.118. The maximum atomic E-state index is 13.2. The predicted octanol–water partition coefficient (Wildman–Crippen LogP) is 6.03. The number of ether oxygens (including phenoxy) is 1. The molecule has 0 spiro atoms. The Hall–Kier alpha value is -4.12. The number of para-hydroxylation sites is 3. The van der Waals surface area contributed by atoms with Crippen molar-refractivity contribution in [1.82, 2.24) is 5.32 Å². The van der Waals surface area contributed by atoms with Crippen LogP contribution in [0.15, 0.2) is 97.1 Å². The number of carbonyl (C=O) groups is 2. The van der Waals surface area contributed by atoms with Crippen molar-refractivity contribution in [3.05, 3.63) is 103 Å². The first-order chi connectivity index (χ1) is 16.0. The summed E-state index contributed by atoms with van der Waals surface area (Å²) < 4.78 is 5.95. The van der Waals surface area contributed by atoms with Crippen LogP contribution in [0.3, 0.4) is 0 Å². The molecule has 2 N–H and O–H groups in total. The van der Waals surface area contributed by atoms with Crippen LogP contribution in [0.5, 0.6) is 11.5 Å². The van der Waals surface area contributed by atoms with Gasteiger partial charge in [-0.05, 0) is 47.0 Å². The minimum atomic E-state index is -0.721. The molecule has 2 amide bonds. The zero-order valence-electron chi connectivity index (χ0n) is 18.6. The van der Waals surface area contributed by atoms with Gasteiger partial charge in [0.15, 0.2) is 5.75 Å². The van der Waals surface area contributed by atoms with Crippen molar-refractivity contribution in [2.24, 2.45) is 5.92 Å². The SMILES string of the molecule is CC(C)[C@H](NC(=O)c1cccc2ccccc12)C(=O)Nc1ccccc1Oc1ccccc1. The van der Waals surface area contributed by atoms with E-state index < -0.39 is 6.04 Å². The molecule has 0 aromatic heterocycles. The van der Waals surface area contributed by atoms with Gasteiger partial charge in [0.2, 0.25) is 5.91 Å². The van der Waals surface area contributed by atoms with Crippen molar-refractivity contribution in [3.63, 3.8) is 0 Å². The van der Waals surface area contributed by atoms with Gasteiger partial charge in [0.05, 0.1) is 5.69 Å². The molecule has 0 saturated heterocycles. The zero-order valence-corrected chi connectivity index (χ0v) is 18.6. The third-order valence-electron chi connectivity index (χ3n) is 5.39. The number of anilines is 1. The molecule has 1 atom stereocenters. The van der Waals surface area contributed by atoms with Gasteiger partial charge in [-0.25, -0.2) is 0 Å². The molecule has 0 saturated carbocycles. The fourth-order valence-corrected chi connectivity index (χ4v) is 3.66. The first-order valence-electron chi connectivity index (χ1n) is 10.9. The summed E-state index contributed by atoms with van der Waals surface area (Å²) >= 11 is 0. The zero-order chi connectivity index (χ0) is 23.2. The molecule has 166 valence electrons. The molecule has 4 aromatic carbocycles. The summed E-state index contributed by atoms with van der Waals surface area (Å²) in [5.74, 6) is 0.493. The summed E-state index contributed by atoms with van der Waals surface area (Å²) in [5.41, 5.74) is 1.08. The molecule has 0 aliphatic heterocycles. The fourth-order valence-electron chi connectivity index (χ4n) is 3.66. The molecule has 0 radical (unpaired) electrons. The number of hydrogen-bond donors (Lipinski definition) is 2. The molecule has 0 bridgehead atoms. The lowest BCUT2D eigenvalue weighted by Crippen LogP contribution is -2.47. The predicted molar refractivity (Wildman–Crippen MR) is 132 cm³/mol. The Morgan fingerprint density at radius 3 is 2.21 bits per heavy atom. The molecular weight excluding hydrogens is 412 g/mol. The molecule has 5 nitrogen and oxygen atoms in total. The molecule has 4 aromatic rings. The second-order valence-corrected chi connectivity index (χ2v) is 8.12. The first-order valence-corrected chi connectivity index (χ1v) is 10.9. The van der Waals surface area contributed by atoms with E-state index in [9.17, 15) is 9.59 Å². The van der Waals surface area contributed by atoms with Gasteiger partial charge in [-0.2, -0.15) is 0 Å². The van der Waals surface area contributed by atoms with Crippen LogP contribution in [-0.2, 0) is 4.79 Å². The molecule has 5 heteroatoms. The molecule has 0 fully saturated rings. The minimum Gasteiger partial charge on any atom is -0.455 e.